The number of rotatable bonds is 2. The molecule has 1 fully saturated rings. The molecule has 0 bridgehead atoms. The van der Waals surface area contributed by atoms with E-state index in [0.717, 1.165) is 16.5 Å². The summed E-state index contributed by atoms with van der Waals surface area (Å²) in [5, 5.41) is 18.1. The van der Waals surface area contributed by atoms with Crippen molar-refractivity contribution in [3.63, 3.8) is 0 Å². The van der Waals surface area contributed by atoms with Gasteiger partial charge < -0.3 is 5.11 Å². The van der Waals surface area contributed by atoms with Gasteiger partial charge in [-0.15, -0.1) is 0 Å². The van der Waals surface area contributed by atoms with Crippen molar-refractivity contribution in [1.29, 1.82) is 5.26 Å². The van der Waals surface area contributed by atoms with Gasteiger partial charge in [-0.2, -0.15) is 5.26 Å². The van der Waals surface area contributed by atoms with Crippen molar-refractivity contribution < 1.29 is 5.11 Å². The molecule has 0 saturated heterocycles. The van der Waals surface area contributed by atoms with Gasteiger partial charge in [0.15, 0.2) is 0 Å². The summed E-state index contributed by atoms with van der Waals surface area (Å²) in [5.41, 5.74) is 0.595. The first-order valence-electron chi connectivity index (χ1n) is 4.51. The Morgan fingerprint density at radius 3 is 2.57 bits per heavy atom. The Balaban J connectivity index is 2.32. The second-order valence-corrected chi connectivity index (χ2v) is 4.59. The normalized spacial score (nSPS) is 29.6. The largest absolute Gasteiger partial charge is 0.396 e. The van der Waals surface area contributed by atoms with Crippen molar-refractivity contribution >= 4 is 15.9 Å². The molecule has 1 aliphatic carbocycles. The van der Waals surface area contributed by atoms with Crippen LogP contribution in [0.3, 0.4) is 0 Å². The van der Waals surface area contributed by atoms with Crippen LogP contribution in [-0.2, 0) is 5.41 Å². The molecule has 1 aliphatic rings. The third-order valence-electron chi connectivity index (χ3n) is 2.88. The van der Waals surface area contributed by atoms with Gasteiger partial charge in [0.1, 0.15) is 0 Å². The summed E-state index contributed by atoms with van der Waals surface area (Å²) in [7, 11) is 0. The molecule has 72 valence electrons. The van der Waals surface area contributed by atoms with E-state index in [0.29, 0.717) is 0 Å². The Hall–Kier alpha value is -0.850. The summed E-state index contributed by atoms with van der Waals surface area (Å²) < 4.78 is 1.01. The Labute approximate surface area is 91.3 Å². The van der Waals surface area contributed by atoms with E-state index in [1.165, 1.54) is 0 Å². The number of hydrogen-bond donors (Lipinski definition) is 1. The predicted octanol–water partition coefficient (Wildman–Crippen LogP) is 2.22. The number of hydrogen-bond acceptors (Lipinski definition) is 2. The number of nitrogens with zero attached hydrogens (tertiary/aromatic N) is 1. The van der Waals surface area contributed by atoms with Crippen LogP contribution in [0.1, 0.15) is 12.0 Å². The molecule has 3 heteroatoms. The Bertz CT molecular complexity index is 381. The van der Waals surface area contributed by atoms with Gasteiger partial charge in [0.05, 0.1) is 11.5 Å². The third kappa shape index (κ3) is 1.35. The van der Waals surface area contributed by atoms with E-state index in [4.69, 9.17) is 10.4 Å². The second-order valence-electron chi connectivity index (χ2n) is 3.67. The Kier molecular flexibility index (Phi) is 2.34. The molecule has 2 atom stereocenters. The molecule has 0 aliphatic heterocycles. The molecule has 14 heavy (non-hydrogen) atoms. The van der Waals surface area contributed by atoms with Crippen LogP contribution < -0.4 is 0 Å². The quantitative estimate of drug-likeness (QED) is 0.877. The molecule has 1 saturated carbocycles. The lowest BCUT2D eigenvalue weighted by Gasteiger charge is -2.07. The lowest BCUT2D eigenvalue weighted by atomic mass is 9.95. The zero-order valence-electron chi connectivity index (χ0n) is 7.57. The van der Waals surface area contributed by atoms with Crippen LogP contribution in [0.5, 0.6) is 0 Å². The van der Waals surface area contributed by atoms with Crippen LogP contribution in [0.2, 0.25) is 0 Å². The van der Waals surface area contributed by atoms with E-state index >= 15 is 0 Å². The maximum absolute atomic E-state index is 9.11. The van der Waals surface area contributed by atoms with Gasteiger partial charge in [0.2, 0.25) is 0 Å². The zero-order chi connectivity index (χ0) is 10.2. The highest BCUT2D eigenvalue weighted by molar-refractivity contribution is 9.10. The number of nitriles is 1. The highest BCUT2D eigenvalue weighted by Gasteiger charge is 2.55. The molecule has 1 aromatic rings. The molecule has 2 rings (SSSR count). The lowest BCUT2D eigenvalue weighted by Crippen LogP contribution is -2.08. The Morgan fingerprint density at radius 1 is 1.50 bits per heavy atom. The van der Waals surface area contributed by atoms with Gasteiger partial charge in [-0.1, -0.05) is 28.1 Å². The van der Waals surface area contributed by atoms with Gasteiger partial charge >= 0.3 is 0 Å². The van der Waals surface area contributed by atoms with Crippen molar-refractivity contribution in [1.82, 2.24) is 0 Å². The number of halogens is 1. The van der Waals surface area contributed by atoms with Crippen molar-refractivity contribution in [3.05, 3.63) is 34.3 Å². The fourth-order valence-corrected chi connectivity index (χ4v) is 2.12. The van der Waals surface area contributed by atoms with Gasteiger partial charge in [0.25, 0.3) is 0 Å². The number of aliphatic hydroxyl groups excluding tert-OH is 1. The van der Waals surface area contributed by atoms with Gasteiger partial charge in [-0.25, -0.2) is 0 Å². The van der Waals surface area contributed by atoms with E-state index in [2.05, 4.69) is 22.0 Å². The highest BCUT2D eigenvalue weighted by Crippen LogP contribution is 2.53. The van der Waals surface area contributed by atoms with E-state index in [1.54, 1.807) is 0 Å². The van der Waals surface area contributed by atoms with Crippen molar-refractivity contribution in [3.8, 4) is 6.07 Å². The summed E-state index contributed by atoms with van der Waals surface area (Å²) in [5.74, 6) is 0.119. The van der Waals surface area contributed by atoms with Crippen LogP contribution in [0.25, 0.3) is 0 Å². The minimum absolute atomic E-state index is 0.101. The third-order valence-corrected chi connectivity index (χ3v) is 3.41. The molecule has 1 aromatic carbocycles. The van der Waals surface area contributed by atoms with Crippen molar-refractivity contribution in [2.75, 3.05) is 6.61 Å². The molecule has 0 radical (unpaired) electrons. The number of benzene rings is 1. The lowest BCUT2D eigenvalue weighted by molar-refractivity contribution is 0.269. The minimum atomic E-state index is -0.421. The SMILES string of the molecule is N#C[C@]1(c2ccc(Br)cc2)CC1CO. The fraction of sp³-hybridized carbons (Fsp3) is 0.364. The second kappa shape index (κ2) is 3.38. The first-order valence-corrected chi connectivity index (χ1v) is 5.30. The van der Waals surface area contributed by atoms with Crippen LogP contribution in [0.15, 0.2) is 28.7 Å². The van der Waals surface area contributed by atoms with E-state index in [9.17, 15) is 0 Å². The summed E-state index contributed by atoms with van der Waals surface area (Å²) in [4.78, 5) is 0. The van der Waals surface area contributed by atoms with Gasteiger partial charge in [-0.05, 0) is 24.1 Å². The molecule has 0 amide bonds. The molecule has 2 nitrogen and oxygen atoms in total. The highest BCUT2D eigenvalue weighted by atomic mass is 79.9. The monoisotopic (exact) mass is 251 g/mol. The van der Waals surface area contributed by atoms with Crippen LogP contribution in [0.4, 0.5) is 0 Å². The molecule has 0 heterocycles. The van der Waals surface area contributed by atoms with Crippen LogP contribution in [-0.4, -0.2) is 11.7 Å². The first kappa shape index (κ1) is 9.70. The summed E-state index contributed by atoms with van der Waals surface area (Å²) in [6.45, 7) is 0.101. The summed E-state index contributed by atoms with van der Waals surface area (Å²) >= 11 is 3.35. The topological polar surface area (TPSA) is 44.0 Å². The fourth-order valence-electron chi connectivity index (χ4n) is 1.85. The standard InChI is InChI=1S/C11H10BrNO/c12-10-3-1-8(2-4-10)11(7-13)5-9(11)6-14/h1-4,9,14H,5-6H2/t9?,11-/m0/s1. The van der Waals surface area contributed by atoms with Gasteiger partial charge in [0, 0.05) is 17.0 Å². The smallest absolute Gasteiger partial charge is 0.0877 e. The molecule has 0 spiro atoms. The predicted molar refractivity (Wildman–Crippen MR) is 56.6 cm³/mol. The zero-order valence-corrected chi connectivity index (χ0v) is 9.16. The molecule has 1 N–H and O–H groups in total. The van der Waals surface area contributed by atoms with E-state index in [-0.39, 0.29) is 12.5 Å². The van der Waals surface area contributed by atoms with E-state index < -0.39 is 5.41 Å². The maximum atomic E-state index is 9.11. The average molecular weight is 252 g/mol. The minimum Gasteiger partial charge on any atom is -0.396 e. The molecular weight excluding hydrogens is 242 g/mol. The molecular formula is C11H10BrNO. The average Bonchev–Trinajstić information content (AvgIpc) is 2.94. The first-order chi connectivity index (χ1) is 6.73. The van der Waals surface area contributed by atoms with Crippen molar-refractivity contribution in [2.24, 2.45) is 5.92 Å². The van der Waals surface area contributed by atoms with Crippen LogP contribution in [0, 0.1) is 17.2 Å². The molecule has 0 aromatic heterocycles. The van der Waals surface area contributed by atoms with Gasteiger partial charge in [-0.3, -0.25) is 0 Å². The van der Waals surface area contributed by atoms with Crippen LogP contribution >= 0.6 is 15.9 Å². The number of aliphatic hydroxyl groups is 1. The summed E-state index contributed by atoms with van der Waals surface area (Å²) in [6, 6.07) is 10.1. The maximum Gasteiger partial charge on any atom is 0.0877 e. The summed E-state index contributed by atoms with van der Waals surface area (Å²) in [6.07, 6.45) is 0.779. The van der Waals surface area contributed by atoms with Crippen molar-refractivity contribution in [2.45, 2.75) is 11.8 Å². The van der Waals surface area contributed by atoms with E-state index in [1.807, 2.05) is 24.3 Å². The Morgan fingerprint density at radius 2 is 2.14 bits per heavy atom. The molecule has 1 unspecified atom stereocenters.